The van der Waals surface area contributed by atoms with Crippen molar-refractivity contribution in [2.45, 2.75) is 26.4 Å². The number of aliphatic hydroxyl groups excluding tert-OH is 1. The Balaban J connectivity index is 2.79. The maximum atomic E-state index is 12.1. The van der Waals surface area contributed by atoms with E-state index in [4.69, 9.17) is 4.74 Å². The molecule has 0 heterocycles. The molecule has 1 N–H and O–H groups in total. The molecule has 0 saturated carbocycles. The summed E-state index contributed by atoms with van der Waals surface area (Å²) in [6.07, 6.45) is 1.77. The number of benzene rings is 1. The lowest BCUT2D eigenvalue weighted by molar-refractivity contribution is -0.124. The van der Waals surface area contributed by atoms with Crippen LogP contribution in [0.1, 0.15) is 25.8 Å². The maximum absolute atomic E-state index is 12.1. The van der Waals surface area contributed by atoms with Gasteiger partial charge in [-0.1, -0.05) is 18.2 Å². The molecule has 0 bridgehead atoms. The van der Waals surface area contributed by atoms with Crippen molar-refractivity contribution < 1.29 is 14.6 Å². The van der Waals surface area contributed by atoms with Crippen molar-refractivity contribution in [2.75, 3.05) is 20.7 Å². The third-order valence-corrected chi connectivity index (χ3v) is 3.13. The fraction of sp³-hybridized carbons (Fsp3) is 0.438. The predicted octanol–water partition coefficient (Wildman–Crippen LogP) is 2.33. The molecular formula is C16H23NO3. The molecule has 4 heteroatoms. The first-order chi connectivity index (χ1) is 9.45. The number of amides is 1. The summed E-state index contributed by atoms with van der Waals surface area (Å²) in [6.45, 7) is 4.14. The molecule has 1 unspecified atom stereocenters. The van der Waals surface area contributed by atoms with E-state index >= 15 is 0 Å². The van der Waals surface area contributed by atoms with Crippen LogP contribution in [0.15, 0.2) is 30.3 Å². The SMILES string of the molecule is COc1ccccc1/C(C)=C/C(=O)N(C)CCC(C)O. The average Bonchev–Trinajstić information content (AvgIpc) is 2.44. The van der Waals surface area contributed by atoms with E-state index in [1.54, 1.807) is 32.1 Å². The average molecular weight is 277 g/mol. The number of likely N-dealkylation sites (N-methyl/N-ethyl adjacent to an activating group) is 1. The summed E-state index contributed by atoms with van der Waals surface area (Å²) in [6, 6.07) is 7.60. The largest absolute Gasteiger partial charge is 0.496 e. The van der Waals surface area contributed by atoms with Gasteiger partial charge in [0.2, 0.25) is 5.91 Å². The Morgan fingerprint density at radius 2 is 2.10 bits per heavy atom. The van der Waals surface area contributed by atoms with Gasteiger partial charge >= 0.3 is 0 Å². The zero-order chi connectivity index (χ0) is 15.1. The quantitative estimate of drug-likeness (QED) is 0.812. The fourth-order valence-corrected chi connectivity index (χ4v) is 1.83. The molecule has 1 amide bonds. The van der Waals surface area contributed by atoms with Crippen molar-refractivity contribution in [3.05, 3.63) is 35.9 Å². The summed E-state index contributed by atoms with van der Waals surface area (Å²) < 4.78 is 5.29. The monoisotopic (exact) mass is 277 g/mol. The van der Waals surface area contributed by atoms with Gasteiger partial charge in [0.05, 0.1) is 13.2 Å². The van der Waals surface area contributed by atoms with Crippen LogP contribution in [0.3, 0.4) is 0 Å². The number of para-hydroxylation sites is 1. The Morgan fingerprint density at radius 1 is 1.45 bits per heavy atom. The summed E-state index contributed by atoms with van der Waals surface area (Å²) in [5, 5.41) is 9.24. The van der Waals surface area contributed by atoms with Gasteiger partial charge in [-0.05, 0) is 31.9 Å². The second-order valence-electron chi connectivity index (χ2n) is 4.93. The molecule has 0 fully saturated rings. The summed E-state index contributed by atoms with van der Waals surface area (Å²) in [4.78, 5) is 13.7. The standard InChI is InChI=1S/C16H23NO3/c1-12(14-7-5-6-8-15(14)20-4)11-16(19)17(3)10-9-13(2)18/h5-8,11,13,18H,9-10H2,1-4H3/b12-11+. The lowest BCUT2D eigenvalue weighted by atomic mass is 10.1. The smallest absolute Gasteiger partial charge is 0.246 e. The number of carbonyl (C=O) groups is 1. The second-order valence-corrected chi connectivity index (χ2v) is 4.93. The molecule has 1 rings (SSSR count). The number of hydrogen-bond acceptors (Lipinski definition) is 3. The van der Waals surface area contributed by atoms with Gasteiger partial charge in [0.25, 0.3) is 0 Å². The van der Waals surface area contributed by atoms with Crippen LogP contribution in [0.4, 0.5) is 0 Å². The van der Waals surface area contributed by atoms with Crippen molar-refractivity contribution in [3.8, 4) is 5.75 Å². The number of hydrogen-bond donors (Lipinski definition) is 1. The van der Waals surface area contributed by atoms with Crippen LogP contribution in [-0.4, -0.2) is 42.7 Å². The Labute approximate surface area is 120 Å². The first-order valence-electron chi connectivity index (χ1n) is 6.70. The molecule has 1 aromatic rings. The highest BCUT2D eigenvalue weighted by molar-refractivity contribution is 5.95. The highest BCUT2D eigenvalue weighted by atomic mass is 16.5. The van der Waals surface area contributed by atoms with Crippen molar-refractivity contribution in [3.63, 3.8) is 0 Å². The molecule has 0 aliphatic heterocycles. The number of ether oxygens (including phenoxy) is 1. The van der Waals surface area contributed by atoms with Crippen LogP contribution in [0.5, 0.6) is 5.75 Å². The molecular weight excluding hydrogens is 254 g/mol. The Bertz CT molecular complexity index is 480. The highest BCUT2D eigenvalue weighted by Crippen LogP contribution is 2.25. The summed E-state index contributed by atoms with van der Waals surface area (Å²) >= 11 is 0. The first-order valence-corrected chi connectivity index (χ1v) is 6.70. The van der Waals surface area contributed by atoms with Gasteiger partial charge in [0.15, 0.2) is 0 Å². The molecule has 0 aliphatic carbocycles. The minimum absolute atomic E-state index is 0.0749. The topological polar surface area (TPSA) is 49.8 Å². The van der Waals surface area contributed by atoms with Gasteiger partial charge in [-0.15, -0.1) is 0 Å². The molecule has 0 aromatic heterocycles. The molecule has 0 spiro atoms. The van der Waals surface area contributed by atoms with E-state index < -0.39 is 6.10 Å². The lowest BCUT2D eigenvalue weighted by Gasteiger charge is -2.17. The molecule has 0 radical (unpaired) electrons. The Kier molecular flexibility index (Phi) is 6.25. The summed E-state index contributed by atoms with van der Waals surface area (Å²) in [7, 11) is 3.35. The summed E-state index contributed by atoms with van der Waals surface area (Å²) in [5.74, 6) is 0.676. The van der Waals surface area contributed by atoms with E-state index in [2.05, 4.69) is 0 Å². The van der Waals surface area contributed by atoms with Gasteiger partial charge in [0, 0.05) is 25.2 Å². The van der Waals surface area contributed by atoms with E-state index in [9.17, 15) is 9.90 Å². The van der Waals surface area contributed by atoms with Gasteiger partial charge in [-0.25, -0.2) is 0 Å². The molecule has 0 saturated heterocycles. The summed E-state index contributed by atoms with van der Waals surface area (Å²) in [5.41, 5.74) is 1.77. The van der Waals surface area contributed by atoms with Crippen molar-refractivity contribution in [1.29, 1.82) is 0 Å². The van der Waals surface area contributed by atoms with Gasteiger partial charge < -0.3 is 14.7 Å². The lowest BCUT2D eigenvalue weighted by Crippen LogP contribution is -2.28. The number of rotatable bonds is 6. The Morgan fingerprint density at radius 3 is 2.70 bits per heavy atom. The van der Waals surface area contributed by atoms with Crippen LogP contribution in [-0.2, 0) is 4.79 Å². The van der Waals surface area contributed by atoms with Gasteiger partial charge in [-0.2, -0.15) is 0 Å². The number of aliphatic hydroxyl groups is 1. The number of methoxy groups -OCH3 is 1. The predicted molar refractivity (Wildman–Crippen MR) is 80.6 cm³/mol. The zero-order valence-corrected chi connectivity index (χ0v) is 12.6. The molecule has 0 aliphatic rings. The van der Waals surface area contributed by atoms with Crippen LogP contribution < -0.4 is 4.74 Å². The molecule has 1 aromatic carbocycles. The maximum Gasteiger partial charge on any atom is 0.246 e. The Hall–Kier alpha value is -1.81. The van der Waals surface area contributed by atoms with Gasteiger partial charge in [-0.3, -0.25) is 4.79 Å². The first kappa shape index (κ1) is 16.2. The fourth-order valence-electron chi connectivity index (χ4n) is 1.83. The molecule has 20 heavy (non-hydrogen) atoms. The van der Waals surface area contributed by atoms with E-state index in [0.717, 1.165) is 16.9 Å². The second kappa shape index (κ2) is 7.70. The molecule has 1 atom stereocenters. The van der Waals surface area contributed by atoms with E-state index in [1.165, 1.54) is 0 Å². The van der Waals surface area contributed by atoms with E-state index in [-0.39, 0.29) is 5.91 Å². The van der Waals surface area contributed by atoms with Crippen molar-refractivity contribution in [2.24, 2.45) is 0 Å². The highest BCUT2D eigenvalue weighted by Gasteiger charge is 2.10. The van der Waals surface area contributed by atoms with Crippen molar-refractivity contribution >= 4 is 11.5 Å². The van der Waals surface area contributed by atoms with Crippen molar-refractivity contribution in [1.82, 2.24) is 4.90 Å². The normalized spacial score (nSPS) is 12.9. The van der Waals surface area contributed by atoms with Crippen LogP contribution in [0.25, 0.3) is 5.57 Å². The third-order valence-electron chi connectivity index (χ3n) is 3.13. The zero-order valence-electron chi connectivity index (χ0n) is 12.6. The third kappa shape index (κ3) is 4.70. The van der Waals surface area contributed by atoms with E-state index in [1.807, 2.05) is 31.2 Å². The molecule has 4 nitrogen and oxygen atoms in total. The van der Waals surface area contributed by atoms with Crippen LogP contribution in [0, 0.1) is 0 Å². The van der Waals surface area contributed by atoms with Crippen LogP contribution in [0.2, 0.25) is 0 Å². The number of carbonyl (C=O) groups excluding carboxylic acids is 1. The van der Waals surface area contributed by atoms with Gasteiger partial charge in [0.1, 0.15) is 5.75 Å². The minimum atomic E-state index is -0.399. The van der Waals surface area contributed by atoms with Crippen LogP contribution >= 0.6 is 0 Å². The minimum Gasteiger partial charge on any atom is -0.496 e. The number of nitrogens with zero attached hydrogens (tertiary/aromatic N) is 1. The number of allylic oxidation sites excluding steroid dienone is 1. The van der Waals surface area contributed by atoms with E-state index in [0.29, 0.717) is 13.0 Å². The molecule has 110 valence electrons.